The Kier molecular flexibility index (Phi) is 5.49. The molecule has 1 saturated carbocycles. The van der Waals surface area contributed by atoms with E-state index in [4.69, 9.17) is 20.8 Å². The van der Waals surface area contributed by atoms with Crippen molar-refractivity contribution in [3.8, 4) is 5.75 Å². The van der Waals surface area contributed by atoms with Gasteiger partial charge in [0.05, 0.1) is 5.39 Å². The van der Waals surface area contributed by atoms with Crippen LogP contribution >= 0.6 is 11.6 Å². The van der Waals surface area contributed by atoms with E-state index in [1.807, 2.05) is 36.4 Å². The summed E-state index contributed by atoms with van der Waals surface area (Å²) in [5, 5.41) is 1.34. The van der Waals surface area contributed by atoms with E-state index in [9.17, 15) is 4.79 Å². The Bertz CT molecular complexity index is 969. The molecule has 1 heterocycles. The predicted octanol–water partition coefficient (Wildman–Crippen LogP) is 6.15. The first-order chi connectivity index (χ1) is 13.2. The Hall–Kier alpha value is -2.26. The molecule has 4 rings (SSSR count). The van der Waals surface area contributed by atoms with Gasteiger partial charge in [-0.05, 0) is 41.7 Å². The van der Waals surface area contributed by atoms with Gasteiger partial charge in [-0.15, -0.1) is 0 Å². The lowest BCUT2D eigenvalue weighted by Gasteiger charge is -2.22. The van der Waals surface area contributed by atoms with Gasteiger partial charge >= 0.3 is 0 Å². The maximum atomic E-state index is 13.1. The van der Waals surface area contributed by atoms with E-state index in [1.54, 1.807) is 0 Å². The minimum atomic E-state index is -0.0865. The summed E-state index contributed by atoms with van der Waals surface area (Å²) in [5.74, 6) is 0.913. The van der Waals surface area contributed by atoms with E-state index in [0.717, 1.165) is 17.5 Å². The highest BCUT2D eigenvalue weighted by molar-refractivity contribution is 6.30. The van der Waals surface area contributed by atoms with Crippen molar-refractivity contribution in [3.05, 3.63) is 75.1 Å². The van der Waals surface area contributed by atoms with Crippen LogP contribution in [0.5, 0.6) is 5.75 Å². The Morgan fingerprint density at radius 2 is 1.81 bits per heavy atom. The standard InChI is InChI=1S/C23H23ClO3/c24-19-11-9-17(10-12-19)14-26-21-15-27-20-8-4-7-18(22(20)23(21)25)13-16-5-2-1-3-6-16/h4,7-12,15-16H,1-3,5-6,13-14H2. The van der Waals surface area contributed by atoms with Crippen LogP contribution in [-0.4, -0.2) is 0 Å². The van der Waals surface area contributed by atoms with E-state index >= 15 is 0 Å². The molecular formula is C23H23ClO3. The van der Waals surface area contributed by atoms with Crippen molar-refractivity contribution in [1.82, 2.24) is 0 Å². The fourth-order valence-electron chi connectivity index (χ4n) is 3.94. The average Bonchev–Trinajstić information content (AvgIpc) is 2.70. The summed E-state index contributed by atoms with van der Waals surface area (Å²) in [7, 11) is 0. The van der Waals surface area contributed by atoms with Gasteiger partial charge in [0.15, 0.2) is 0 Å². The van der Waals surface area contributed by atoms with Crippen molar-refractivity contribution in [1.29, 1.82) is 0 Å². The highest BCUT2D eigenvalue weighted by Crippen LogP contribution is 2.29. The summed E-state index contributed by atoms with van der Waals surface area (Å²) in [6.45, 7) is 0.304. The maximum absolute atomic E-state index is 13.1. The van der Waals surface area contributed by atoms with Gasteiger partial charge in [-0.1, -0.05) is 68.0 Å². The quantitative estimate of drug-likeness (QED) is 0.531. The second kappa shape index (κ2) is 8.18. The van der Waals surface area contributed by atoms with Gasteiger partial charge in [0.25, 0.3) is 0 Å². The SMILES string of the molecule is O=c1c(OCc2ccc(Cl)cc2)coc2cccc(CC3CCCCC3)c12. The number of hydrogen-bond acceptors (Lipinski definition) is 3. The number of fused-ring (bicyclic) bond motifs is 1. The Labute approximate surface area is 163 Å². The van der Waals surface area contributed by atoms with Crippen molar-refractivity contribution in [2.75, 3.05) is 0 Å². The molecule has 0 N–H and O–H groups in total. The third-order valence-electron chi connectivity index (χ3n) is 5.40. The smallest absolute Gasteiger partial charge is 0.234 e. The topological polar surface area (TPSA) is 39.4 Å². The Morgan fingerprint density at radius 1 is 1.04 bits per heavy atom. The molecule has 0 atom stereocenters. The van der Waals surface area contributed by atoms with Gasteiger partial charge in [-0.25, -0.2) is 0 Å². The van der Waals surface area contributed by atoms with Crippen LogP contribution in [0.1, 0.15) is 43.2 Å². The van der Waals surface area contributed by atoms with Gasteiger partial charge in [-0.3, -0.25) is 4.79 Å². The zero-order valence-electron chi connectivity index (χ0n) is 15.2. The number of benzene rings is 2. The highest BCUT2D eigenvalue weighted by Gasteiger charge is 2.18. The first-order valence-electron chi connectivity index (χ1n) is 9.61. The van der Waals surface area contributed by atoms with Gasteiger partial charge in [0.1, 0.15) is 18.5 Å². The van der Waals surface area contributed by atoms with Gasteiger partial charge in [0.2, 0.25) is 11.2 Å². The highest BCUT2D eigenvalue weighted by atomic mass is 35.5. The third-order valence-corrected chi connectivity index (χ3v) is 5.65. The van der Waals surface area contributed by atoms with Crippen LogP contribution in [0.4, 0.5) is 0 Å². The third kappa shape index (κ3) is 4.19. The maximum Gasteiger partial charge on any atom is 0.234 e. The summed E-state index contributed by atoms with van der Waals surface area (Å²) >= 11 is 5.91. The van der Waals surface area contributed by atoms with Gasteiger partial charge in [0, 0.05) is 5.02 Å². The van der Waals surface area contributed by atoms with E-state index in [-0.39, 0.29) is 11.2 Å². The predicted molar refractivity (Wildman–Crippen MR) is 109 cm³/mol. The fourth-order valence-corrected chi connectivity index (χ4v) is 4.07. The fraction of sp³-hybridized carbons (Fsp3) is 0.348. The average molecular weight is 383 g/mol. The zero-order valence-corrected chi connectivity index (χ0v) is 16.0. The van der Waals surface area contributed by atoms with Gasteiger partial charge in [-0.2, -0.15) is 0 Å². The largest absolute Gasteiger partial charge is 0.482 e. The monoisotopic (exact) mass is 382 g/mol. The first kappa shape index (κ1) is 18.1. The molecule has 0 saturated heterocycles. The van der Waals surface area contributed by atoms with E-state index in [0.29, 0.717) is 28.5 Å². The molecule has 0 unspecified atom stereocenters. The number of rotatable bonds is 5. The van der Waals surface area contributed by atoms with Crippen molar-refractivity contribution < 1.29 is 9.15 Å². The second-order valence-corrected chi connectivity index (χ2v) is 7.78. The van der Waals surface area contributed by atoms with Crippen LogP contribution in [0.3, 0.4) is 0 Å². The zero-order chi connectivity index (χ0) is 18.6. The molecule has 1 aliphatic rings. The molecule has 140 valence electrons. The molecule has 0 aliphatic heterocycles. The molecule has 1 fully saturated rings. The van der Waals surface area contributed by atoms with E-state index in [1.165, 1.54) is 38.4 Å². The second-order valence-electron chi connectivity index (χ2n) is 7.34. The molecule has 2 aromatic carbocycles. The van der Waals surface area contributed by atoms with Crippen molar-refractivity contribution in [2.45, 2.75) is 45.1 Å². The number of halogens is 1. The number of ether oxygens (including phenoxy) is 1. The van der Waals surface area contributed by atoms with Crippen LogP contribution in [0, 0.1) is 5.92 Å². The Morgan fingerprint density at radius 3 is 2.59 bits per heavy atom. The van der Waals surface area contributed by atoms with Crippen molar-refractivity contribution in [3.63, 3.8) is 0 Å². The molecule has 3 nitrogen and oxygen atoms in total. The molecule has 27 heavy (non-hydrogen) atoms. The molecule has 1 aromatic heterocycles. The lowest BCUT2D eigenvalue weighted by Crippen LogP contribution is -2.13. The lowest BCUT2D eigenvalue weighted by atomic mass is 9.84. The normalized spacial score (nSPS) is 15.1. The van der Waals surface area contributed by atoms with Crippen LogP contribution in [0.25, 0.3) is 11.0 Å². The van der Waals surface area contributed by atoms with Crippen LogP contribution in [0.2, 0.25) is 5.02 Å². The summed E-state index contributed by atoms with van der Waals surface area (Å²) in [6.07, 6.45) is 8.76. The van der Waals surface area contributed by atoms with Gasteiger partial charge < -0.3 is 9.15 Å². The molecule has 0 bridgehead atoms. The summed E-state index contributed by atoms with van der Waals surface area (Å²) in [5.41, 5.74) is 2.57. The van der Waals surface area contributed by atoms with Crippen molar-refractivity contribution in [2.24, 2.45) is 5.92 Å². The summed E-state index contributed by atoms with van der Waals surface area (Å²) in [6, 6.07) is 13.3. The van der Waals surface area contributed by atoms with Crippen LogP contribution in [-0.2, 0) is 13.0 Å². The van der Waals surface area contributed by atoms with Crippen LogP contribution in [0.15, 0.2) is 57.9 Å². The molecule has 0 spiro atoms. The number of hydrogen-bond donors (Lipinski definition) is 0. The summed E-state index contributed by atoms with van der Waals surface area (Å²) < 4.78 is 11.5. The molecule has 0 radical (unpaired) electrons. The summed E-state index contributed by atoms with van der Waals surface area (Å²) in [4.78, 5) is 13.1. The first-order valence-corrected chi connectivity index (χ1v) is 9.99. The molecule has 3 aromatic rings. The van der Waals surface area contributed by atoms with E-state index in [2.05, 4.69) is 6.07 Å². The van der Waals surface area contributed by atoms with Crippen molar-refractivity contribution >= 4 is 22.6 Å². The van der Waals surface area contributed by atoms with E-state index < -0.39 is 0 Å². The lowest BCUT2D eigenvalue weighted by molar-refractivity contribution is 0.295. The van der Waals surface area contributed by atoms with Crippen LogP contribution < -0.4 is 10.2 Å². The molecule has 4 heteroatoms. The molecule has 0 amide bonds. The minimum absolute atomic E-state index is 0.0865. The molecular weight excluding hydrogens is 360 g/mol. The Balaban J connectivity index is 1.60. The molecule has 1 aliphatic carbocycles. The minimum Gasteiger partial charge on any atom is -0.482 e.